The van der Waals surface area contributed by atoms with Gasteiger partial charge in [-0.05, 0) is 32.2 Å². The number of hydrogen-bond acceptors (Lipinski definition) is 4. The molecule has 5 heteroatoms. The molecule has 1 fully saturated rings. The van der Waals surface area contributed by atoms with Crippen LogP contribution in [0.2, 0.25) is 0 Å². The van der Waals surface area contributed by atoms with Crippen molar-refractivity contribution in [1.29, 1.82) is 0 Å². The Morgan fingerprint density at radius 2 is 2.18 bits per heavy atom. The first-order valence-electron chi connectivity index (χ1n) is 6.20. The van der Waals surface area contributed by atoms with Crippen LogP contribution >= 0.6 is 0 Å². The van der Waals surface area contributed by atoms with Crippen molar-refractivity contribution in [3.05, 3.63) is 0 Å². The molecule has 1 aliphatic carbocycles. The highest BCUT2D eigenvalue weighted by Crippen LogP contribution is 2.34. The third-order valence-corrected chi connectivity index (χ3v) is 3.87. The third kappa shape index (κ3) is 3.57. The molecule has 0 radical (unpaired) electrons. The Morgan fingerprint density at radius 1 is 1.53 bits per heavy atom. The molecule has 0 unspecified atom stereocenters. The SMILES string of the molecule is COC1(CNCCC(C)(C)C(N)=NO)CCC1. The first-order valence-corrected chi connectivity index (χ1v) is 6.20. The molecule has 0 bridgehead atoms. The lowest BCUT2D eigenvalue weighted by Gasteiger charge is -2.40. The fraction of sp³-hybridized carbons (Fsp3) is 0.917. The van der Waals surface area contributed by atoms with Crippen molar-refractivity contribution in [3.8, 4) is 0 Å². The Kier molecular flexibility index (Phi) is 4.77. The summed E-state index contributed by atoms with van der Waals surface area (Å²) in [6.07, 6.45) is 4.37. The monoisotopic (exact) mass is 243 g/mol. The normalized spacial score (nSPS) is 20.1. The molecule has 5 nitrogen and oxygen atoms in total. The minimum absolute atomic E-state index is 0.0563. The number of rotatable bonds is 7. The van der Waals surface area contributed by atoms with Crippen molar-refractivity contribution in [3.63, 3.8) is 0 Å². The van der Waals surface area contributed by atoms with Gasteiger partial charge in [0, 0.05) is 19.1 Å². The van der Waals surface area contributed by atoms with E-state index in [1.807, 2.05) is 13.8 Å². The van der Waals surface area contributed by atoms with Gasteiger partial charge in [0.05, 0.1) is 5.60 Å². The summed E-state index contributed by atoms with van der Waals surface area (Å²) in [6.45, 7) is 5.67. The lowest BCUT2D eigenvalue weighted by Crippen LogP contribution is -2.48. The number of nitrogens with two attached hydrogens (primary N) is 1. The number of nitrogens with one attached hydrogen (secondary N) is 1. The quantitative estimate of drug-likeness (QED) is 0.207. The van der Waals surface area contributed by atoms with Crippen LogP contribution in [0.3, 0.4) is 0 Å². The van der Waals surface area contributed by atoms with Gasteiger partial charge in [-0.25, -0.2) is 0 Å². The molecule has 0 atom stereocenters. The molecule has 0 saturated heterocycles. The molecule has 100 valence electrons. The summed E-state index contributed by atoms with van der Waals surface area (Å²) in [4.78, 5) is 0. The van der Waals surface area contributed by atoms with Gasteiger partial charge in [0.15, 0.2) is 0 Å². The van der Waals surface area contributed by atoms with Gasteiger partial charge in [0.1, 0.15) is 5.84 Å². The van der Waals surface area contributed by atoms with Gasteiger partial charge in [0.25, 0.3) is 0 Å². The molecule has 1 saturated carbocycles. The average Bonchev–Trinajstić information content (AvgIpc) is 2.26. The maximum Gasteiger partial charge on any atom is 0.144 e. The summed E-state index contributed by atoms with van der Waals surface area (Å²) in [5.41, 5.74) is 5.41. The zero-order chi connectivity index (χ0) is 12.9. The summed E-state index contributed by atoms with van der Waals surface area (Å²) in [7, 11) is 1.78. The van der Waals surface area contributed by atoms with Crippen molar-refractivity contribution in [2.75, 3.05) is 20.2 Å². The lowest BCUT2D eigenvalue weighted by atomic mass is 9.80. The highest BCUT2D eigenvalue weighted by Gasteiger charge is 2.36. The first-order chi connectivity index (χ1) is 7.96. The molecule has 1 rings (SSSR count). The van der Waals surface area contributed by atoms with Crippen LogP contribution in [0.1, 0.15) is 39.5 Å². The molecule has 0 amide bonds. The van der Waals surface area contributed by atoms with Crippen LogP contribution < -0.4 is 11.1 Å². The second-order valence-electron chi connectivity index (χ2n) is 5.54. The number of hydrogen-bond donors (Lipinski definition) is 3. The molecular weight excluding hydrogens is 218 g/mol. The van der Waals surface area contributed by atoms with Gasteiger partial charge in [-0.1, -0.05) is 19.0 Å². The topological polar surface area (TPSA) is 79.9 Å². The van der Waals surface area contributed by atoms with Crippen LogP contribution in [0.5, 0.6) is 0 Å². The number of methoxy groups -OCH3 is 1. The standard InChI is InChI=1S/C12H25N3O2/c1-11(2,10(13)15-16)7-8-14-9-12(17-3)5-4-6-12/h14,16H,4-9H2,1-3H3,(H2,13,15). The van der Waals surface area contributed by atoms with Crippen LogP contribution in [0, 0.1) is 5.41 Å². The van der Waals surface area contributed by atoms with E-state index in [0.29, 0.717) is 0 Å². The van der Waals surface area contributed by atoms with E-state index in [4.69, 9.17) is 15.7 Å². The maximum atomic E-state index is 8.66. The number of oxime groups is 1. The van der Waals surface area contributed by atoms with Crippen LogP contribution in [-0.2, 0) is 4.74 Å². The predicted octanol–water partition coefficient (Wildman–Crippen LogP) is 1.31. The van der Waals surface area contributed by atoms with E-state index in [9.17, 15) is 0 Å². The Bertz CT molecular complexity index is 267. The summed E-state index contributed by atoms with van der Waals surface area (Å²) < 4.78 is 5.52. The van der Waals surface area contributed by atoms with Crippen molar-refractivity contribution in [2.24, 2.45) is 16.3 Å². The van der Waals surface area contributed by atoms with E-state index in [2.05, 4.69) is 10.5 Å². The van der Waals surface area contributed by atoms with Crippen molar-refractivity contribution in [2.45, 2.75) is 45.1 Å². The van der Waals surface area contributed by atoms with Gasteiger partial charge < -0.3 is 21.0 Å². The maximum absolute atomic E-state index is 8.66. The largest absolute Gasteiger partial charge is 0.409 e. The number of ether oxygens (including phenoxy) is 1. The Morgan fingerprint density at radius 3 is 2.59 bits per heavy atom. The third-order valence-electron chi connectivity index (χ3n) is 3.87. The summed E-state index contributed by atoms with van der Waals surface area (Å²) in [6, 6.07) is 0. The van der Waals surface area contributed by atoms with Gasteiger partial charge in [-0.3, -0.25) is 0 Å². The number of nitrogens with zero attached hydrogens (tertiary/aromatic N) is 1. The fourth-order valence-electron chi connectivity index (χ4n) is 2.00. The summed E-state index contributed by atoms with van der Waals surface area (Å²) >= 11 is 0. The van der Waals surface area contributed by atoms with Crippen LogP contribution in [0.25, 0.3) is 0 Å². The minimum Gasteiger partial charge on any atom is -0.409 e. The van der Waals surface area contributed by atoms with Crippen LogP contribution in [0.4, 0.5) is 0 Å². The van der Waals surface area contributed by atoms with E-state index in [1.165, 1.54) is 6.42 Å². The second kappa shape index (κ2) is 5.69. The summed E-state index contributed by atoms with van der Waals surface area (Å²) in [5.74, 6) is 0.282. The van der Waals surface area contributed by atoms with Gasteiger partial charge in [-0.15, -0.1) is 0 Å². The second-order valence-corrected chi connectivity index (χ2v) is 5.54. The Hall–Kier alpha value is -0.810. The smallest absolute Gasteiger partial charge is 0.144 e. The molecule has 1 aliphatic rings. The first kappa shape index (κ1) is 14.3. The van der Waals surface area contributed by atoms with Crippen LogP contribution in [-0.4, -0.2) is 36.8 Å². The van der Waals surface area contributed by atoms with E-state index in [-0.39, 0.29) is 16.9 Å². The Labute approximate surface area is 103 Å². The lowest BCUT2D eigenvalue weighted by molar-refractivity contribution is -0.0693. The molecule has 0 aliphatic heterocycles. The predicted molar refractivity (Wildman–Crippen MR) is 68.3 cm³/mol. The van der Waals surface area contributed by atoms with E-state index < -0.39 is 0 Å². The average molecular weight is 243 g/mol. The van der Waals surface area contributed by atoms with E-state index in [0.717, 1.165) is 32.4 Å². The molecule has 17 heavy (non-hydrogen) atoms. The molecule has 0 spiro atoms. The Balaban J connectivity index is 2.24. The highest BCUT2D eigenvalue weighted by atomic mass is 16.5. The van der Waals surface area contributed by atoms with Crippen molar-refractivity contribution >= 4 is 5.84 Å². The highest BCUT2D eigenvalue weighted by molar-refractivity contribution is 5.85. The zero-order valence-electron chi connectivity index (χ0n) is 11.1. The van der Waals surface area contributed by atoms with Gasteiger partial charge in [-0.2, -0.15) is 0 Å². The molecular formula is C12H25N3O2. The molecule has 4 N–H and O–H groups in total. The zero-order valence-corrected chi connectivity index (χ0v) is 11.1. The molecule has 0 aromatic heterocycles. The van der Waals surface area contributed by atoms with Gasteiger partial charge >= 0.3 is 0 Å². The number of amidine groups is 1. The summed E-state index contributed by atoms with van der Waals surface area (Å²) in [5, 5.41) is 15.1. The van der Waals surface area contributed by atoms with Crippen molar-refractivity contribution in [1.82, 2.24) is 5.32 Å². The fourth-order valence-corrected chi connectivity index (χ4v) is 2.00. The van der Waals surface area contributed by atoms with Gasteiger partial charge in [0.2, 0.25) is 0 Å². The molecule has 0 aromatic carbocycles. The van der Waals surface area contributed by atoms with E-state index in [1.54, 1.807) is 7.11 Å². The minimum atomic E-state index is -0.276. The van der Waals surface area contributed by atoms with Crippen molar-refractivity contribution < 1.29 is 9.94 Å². The van der Waals surface area contributed by atoms with E-state index >= 15 is 0 Å². The molecule has 0 heterocycles. The van der Waals surface area contributed by atoms with Crippen LogP contribution in [0.15, 0.2) is 5.16 Å². The molecule has 0 aromatic rings.